The van der Waals surface area contributed by atoms with Gasteiger partial charge in [0.25, 0.3) is 0 Å². The molecule has 158 valence electrons. The van der Waals surface area contributed by atoms with Gasteiger partial charge in [0.2, 0.25) is 0 Å². The molecule has 0 aliphatic carbocycles. The van der Waals surface area contributed by atoms with Crippen LogP contribution in [0.4, 0.5) is 4.39 Å². The molecule has 8 heteroatoms. The summed E-state index contributed by atoms with van der Waals surface area (Å²) >= 11 is 0. The molecule has 0 saturated heterocycles. The minimum absolute atomic E-state index is 0.162. The van der Waals surface area contributed by atoms with Crippen LogP contribution < -0.4 is 5.32 Å². The van der Waals surface area contributed by atoms with Gasteiger partial charge in [-0.15, -0.1) is 5.10 Å². The van der Waals surface area contributed by atoms with E-state index in [1.54, 1.807) is 16.8 Å². The number of hydrogen-bond acceptors (Lipinski definition) is 5. The number of hydrogen-bond donors (Lipinski definition) is 2. The standard InChI is InChI=1S/C22H26FN5O2/c1-3-4-12-28-22(25-26-27-28)21(17-7-5-6-15(2)13-17)24-19(14-20(29)30)16-8-10-18(23)11-9-16/h5-11,13,19,21,24H,3-4,12,14H2,1-2H3,(H,29,30). The number of carbonyl (C=O) groups is 1. The summed E-state index contributed by atoms with van der Waals surface area (Å²) < 4.78 is 15.2. The van der Waals surface area contributed by atoms with Crippen LogP contribution in [0.3, 0.4) is 0 Å². The van der Waals surface area contributed by atoms with Gasteiger partial charge in [0.15, 0.2) is 5.82 Å². The molecule has 0 fully saturated rings. The second kappa shape index (κ2) is 10.1. The van der Waals surface area contributed by atoms with Gasteiger partial charge in [-0.25, -0.2) is 9.07 Å². The number of unbranched alkanes of at least 4 members (excludes halogenated alkanes) is 1. The molecule has 7 nitrogen and oxygen atoms in total. The van der Waals surface area contributed by atoms with Crippen molar-refractivity contribution in [2.24, 2.45) is 0 Å². The smallest absolute Gasteiger partial charge is 0.305 e. The molecule has 0 amide bonds. The van der Waals surface area contributed by atoms with Gasteiger partial charge in [-0.05, 0) is 47.0 Å². The van der Waals surface area contributed by atoms with Crippen molar-refractivity contribution in [2.75, 3.05) is 0 Å². The van der Waals surface area contributed by atoms with Crippen LogP contribution in [-0.4, -0.2) is 31.3 Å². The van der Waals surface area contributed by atoms with E-state index in [1.165, 1.54) is 12.1 Å². The molecule has 2 aromatic carbocycles. The van der Waals surface area contributed by atoms with Gasteiger partial charge in [0.05, 0.1) is 12.5 Å². The predicted molar refractivity (Wildman–Crippen MR) is 110 cm³/mol. The molecule has 0 aliphatic heterocycles. The summed E-state index contributed by atoms with van der Waals surface area (Å²) in [6, 6.07) is 12.8. The SMILES string of the molecule is CCCCn1nnnc1C(NC(CC(=O)O)c1ccc(F)cc1)c1cccc(C)c1. The monoisotopic (exact) mass is 411 g/mol. The second-order valence-electron chi connectivity index (χ2n) is 7.33. The van der Waals surface area contributed by atoms with Crippen LogP contribution in [0.2, 0.25) is 0 Å². The Balaban J connectivity index is 2.01. The Morgan fingerprint density at radius 3 is 2.63 bits per heavy atom. The van der Waals surface area contributed by atoms with Crippen molar-refractivity contribution in [2.45, 2.75) is 51.7 Å². The predicted octanol–water partition coefficient (Wildman–Crippen LogP) is 3.82. The summed E-state index contributed by atoms with van der Waals surface area (Å²) in [6.07, 6.45) is 1.76. The second-order valence-corrected chi connectivity index (χ2v) is 7.33. The van der Waals surface area contributed by atoms with E-state index in [2.05, 4.69) is 27.8 Å². The normalized spacial score (nSPS) is 13.2. The van der Waals surface area contributed by atoms with Crippen LogP contribution in [0.15, 0.2) is 48.5 Å². The maximum Gasteiger partial charge on any atom is 0.305 e. The molecule has 30 heavy (non-hydrogen) atoms. The Hall–Kier alpha value is -3.13. The van der Waals surface area contributed by atoms with Crippen molar-refractivity contribution in [3.8, 4) is 0 Å². The van der Waals surface area contributed by atoms with Gasteiger partial charge in [-0.1, -0.05) is 55.3 Å². The van der Waals surface area contributed by atoms with Crippen LogP contribution >= 0.6 is 0 Å². The summed E-state index contributed by atoms with van der Waals surface area (Å²) in [7, 11) is 0. The first-order chi connectivity index (χ1) is 14.5. The molecule has 1 aromatic heterocycles. The fourth-order valence-corrected chi connectivity index (χ4v) is 3.40. The molecular weight excluding hydrogens is 385 g/mol. The molecule has 0 saturated carbocycles. The largest absolute Gasteiger partial charge is 0.481 e. The van der Waals surface area contributed by atoms with E-state index in [-0.39, 0.29) is 12.2 Å². The first kappa shape index (κ1) is 21.6. The number of halogens is 1. The third-order valence-electron chi connectivity index (χ3n) is 4.94. The number of carboxylic acid groups (broad SMARTS) is 1. The summed E-state index contributed by atoms with van der Waals surface area (Å²) in [4.78, 5) is 11.6. The van der Waals surface area contributed by atoms with Gasteiger partial charge >= 0.3 is 5.97 Å². The lowest BCUT2D eigenvalue weighted by atomic mass is 9.98. The maximum atomic E-state index is 13.4. The zero-order chi connectivity index (χ0) is 21.5. The number of benzene rings is 2. The summed E-state index contributed by atoms with van der Waals surface area (Å²) in [6.45, 7) is 4.76. The number of aliphatic carboxylic acids is 1. The van der Waals surface area contributed by atoms with Crippen LogP contribution in [0.25, 0.3) is 0 Å². The fourth-order valence-electron chi connectivity index (χ4n) is 3.40. The zero-order valence-corrected chi connectivity index (χ0v) is 17.1. The zero-order valence-electron chi connectivity index (χ0n) is 17.1. The van der Waals surface area contributed by atoms with Gasteiger partial charge in [0, 0.05) is 12.6 Å². The van der Waals surface area contributed by atoms with Gasteiger partial charge < -0.3 is 5.11 Å². The molecular formula is C22H26FN5O2. The first-order valence-electron chi connectivity index (χ1n) is 10.0. The average molecular weight is 411 g/mol. The van der Waals surface area contributed by atoms with Gasteiger partial charge in [-0.3, -0.25) is 10.1 Å². The highest BCUT2D eigenvalue weighted by atomic mass is 19.1. The molecule has 3 rings (SSSR count). The van der Waals surface area contributed by atoms with E-state index in [1.807, 2.05) is 31.2 Å². The first-order valence-corrected chi connectivity index (χ1v) is 10.0. The Morgan fingerprint density at radius 2 is 1.97 bits per heavy atom. The van der Waals surface area contributed by atoms with Crippen LogP contribution in [0, 0.1) is 12.7 Å². The number of rotatable bonds is 10. The summed E-state index contributed by atoms with van der Waals surface area (Å²) in [5, 5.41) is 25.1. The highest BCUT2D eigenvalue weighted by Gasteiger charge is 2.26. The van der Waals surface area contributed by atoms with Crippen molar-refractivity contribution in [3.63, 3.8) is 0 Å². The Labute approximate surface area is 174 Å². The third-order valence-corrected chi connectivity index (χ3v) is 4.94. The highest BCUT2D eigenvalue weighted by Crippen LogP contribution is 2.27. The maximum absolute atomic E-state index is 13.4. The van der Waals surface area contributed by atoms with E-state index >= 15 is 0 Å². The highest BCUT2D eigenvalue weighted by molar-refractivity contribution is 5.68. The minimum Gasteiger partial charge on any atom is -0.481 e. The van der Waals surface area contributed by atoms with Crippen LogP contribution in [0.1, 0.15) is 60.8 Å². The number of aryl methyl sites for hydroxylation is 2. The average Bonchev–Trinajstić information content (AvgIpc) is 3.18. The summed E-state index contributed by atoms with van der Waals surface area (Å²) in [5.74, 6) is -0.705. The number of tetrazole rings is 1. The minimum atomic E-state index is -0.953. The van der Waals surface area contributed by atoms with E-state index < -0.39 is 18.1 Å². The Morgan fingerprint density at radius 1 is 1.20 bits per heavy atom. The van der Waals surface area contributed by atoms with Gasteiger partial charge in [0.1, 0.15) is 5.82 Å². The molecule has 0 bridgehead atoms. The third kappa shape index (κ3) is 5.48. The summed E-state index contributed by atoms with van der Waals surface area (Å²) in [5.41, 5.74) is 2.69. The molecule has 2 atom stereocenters. The Kier molecular flexibility index (Phi) is 7.24. The Bertz CT molecular complexity index is 974. The van der Waals surface area contributed by atoms with E-state index in [4.69, 9.17) is 0 Å². The lowest BCUT2D eigenvalue weighted by molar-refractivity contribution is -0.137. The van der Waals surface area contributed by atoms with Crippen molar-refractivity contribution in [1.29, 1.82) is 0 Å². The van der Waals surface area contributed by atoms with Crippen LogP contribution in [0.5, 0.6) is 0 Å². The van der Waals surface area contributed by atoms with E-state index in [0.29, 0.717) is 17.9 Å². The number of nitrogens with one attached hydrogen (secondary N) is 1. The number of carboxylic acids is 1. The molecule has 3 aromatic rings. The van der Waals surface area contributed by atoms with Crippen molar-refractivity contribution >= 4 is 5.97 Å². The van der Waals surface area contributed by atoms with Crippen molar-refractivity contribution < 1.29 is 14.3 Å². The van der Waals surface area contributed by atoms with Crippen molar-refractivity contribution in [3.05, 3.63) is 76.9 Å². The molecule has 2 unspecified atom stereocenters. The van der Waals surface area contributed by atoms with Crippen molar-refractivity contribution in [1.82, 2.24) is 25.5 Å². The topological polar surface area (TPSA) is 92.9 Å². The number of aromatic nitrogens is 4. The molecule has 0 aliphatic rings. The molecule has 2 N–H and O–H groups in total. The van der Waals surface area contributed by atoms with Crippen LogP contribution in [-0.2, 0) is 11.3 Å². The molecule has 1 heterocycles. The lowest BCUT2D eigenvalue weighted by Gasteiger charge is -2.25. The van der Waals surface area contributed by atoms with E-state index in [0.717, 1.165) is 24.0 Å². The molecule has 0 radical (unpaired) electrons. The van der Waals surface area contributed by atoms with Gasteiger partial charge in [-0.2, -0.15) is 0 Å². The fraction of sp³-hybridized carbons (Fsp3) is 0.364. The lowest BCUT2D eigenvalue weighted by Crippen LogP contribution is -2.31. The quantitative estimate of drug-likeness (QED) is 0.527. The number of nitrogens with zero attached hydrogens (tertiary/aromatic N) is 4. The van der Waals surface area contributed by atoms with E-state index in [9.17, 15) is 14.3 Å². The molecule has 0 spiro atoms.